The fraction of sp³-hybridized carbons (Fsp3) is 0.0833. The van der Waals surface area contributed by atoms with Crippen molar-refractivity contribution in [2.75, 3.05) is 4.72 Å². The molecule has 0 aliphatic heterocycles. The predicted octanol–water partition coefficient (Wildman–Crippen LogP) is 3.54. The number of thiophene rings is 1. The molecule has 0 aliphatic rings. The molecule has 1 unspecified atom stereocenters. The summed E-state index contributed by atoms with van der Waals surface area (Å²) in [5.41, 5.74) is 2.83. The summed E-state index contributed by atoms with van der Waals surface area (Å²) in [6.07, 6.45) is 0. The molecular formula is C12H9N2O2S3-. The molecule has 0 radical (unpaired) electrons. The van der Waals surface area contributed by atoms with Crippen LogP contribution in [0.3, 0.4) is 0 Å². The number of fused-ring (bicyclic) bond motifs is 1. The molecular weight excluding hydrogens is 300 g/mol. The van der Waals surface area contributed by atoms with E-state index >= 15 is 0 Å². The molecule has 2 heterocycles. The summed E-state index contributed by atoms with van der Waals surface area (Å²) in [7, 11) is 0. The number of anilines is 1. The van der Waals surface area contributed by atoms with Gasteiger partial charge in [-0.1, -0.05) is 12.1 Å². The van der Waals surface area contributed by atoms with Gasteiger partial charge in [-0.15, -0.1) is 22.7 Å². The number of benzene rings is 1. The highest BCUT2D eigenvalue weighted by molar-refractivity contribution is 7.80. The Morgan fingerprint density at radius 2 is 2.16 bits per heavy atom. The van der Waals surface area contributed by atoms with Gasteiger partial charge in [0, 0.05) is 16.8 Å². The lowest BCUT2D eigenvalue weighted by molar-refractivity contribution is 0.543. The van der Waals surface area contributed by atoms with Gasteiger partial charge >= 0.3 is 0 Å². The van der Waals surface area contributed by atoms with E-state index in [2.05, 4.69) is 9.71 Å². The standard InChI is InChI=1S/C12H10N2O2S3/c1-7-6-17-12(14-19(15)16)10(7)11-13-8-4-2-3-5-9(8)18-11/h2-6,14H,1H3,(H,15,16)/p-1. The second-order valence-corrected chi connectivity index (χ2v) is 6.53. The maximum atomic E-state index is 10.8. The molecule has 0 amide bonds. The fourth-order valence-electron chi connectivity index (χ4n) is 1.84. The van der Waals surface area contributed by atoms with Gasteiger partial charge in [0.25, 0.3) is 0 Å². The Labute approximate surface area is 120 Å². The van der Waals surface area contributed by atoms with Crippen LogP contribution in [0, 0.1) is 6.92 Å². The van der Waals surface area contributed by atoms with E-state index in [1.807, 2.05) is 36.6 Å². The van der Waals surface area contributed by atoms with Crippen LogP contribution in [0.2, 0.25) is 0 Å². The zero-order valence-electron chi connectivity index (χ0n) is 9.88. The minimum absolute atomic E-state index is 0.616. The number of aromatic nitrogens is 1. The van der Waals surface area contributed by atoms with E-state index < -0.39 is 11.3 Å². The van der Waals surface area contributed by atoms with Crippen molar-refractivity contribution >= 4 is 49.2 Å². The minimum atomic E-state index is -2.32. The molecule has 19 heavy (non-hydrogen) atoms. The Hall–Kier alpha value is -1.28. The number of nitrogens with zero attached hydrogens (tertiary/aromatic N) is 1. The summed E-state index contributed by atoms with van der Waals surface area (Å²) < 4.78 is 25.2. The first kappa shape index (κ1) is 12.7. The Balaban J connectivity index is 2.15. The van der Waals surface area contributed by atoms with Crippen molar-refractivity contribution in [2.24, 2.45) is 0 Å². The molecule has 1 N–H and O–H groups in total. The number of nitrogens with one attached hydrogen (secondary N) is 1. The highest BCUT2D eigenvalue weighted by Crippen LogP contribution is 2.40. The molecule has 1 aromatic carbocycles. The van der Waals surface area contributed by atoms with Gasteiger partial charge in [-0.2, -0.15) is 0 Å². The van der Waals surface area contributed by atoms with E-state index in [9.17, 15) is 8.76 Å². The Morgan fingerprint density at radius 1 is 1.37 bits per heavy atom. The average molecular weight is 309 g/mol. The van der Waals surface area contributed by atoms with E-state index in [0.29, 0.717) is 5.00 Å². The normalized spacial score (nSPS) is 12.7. The quantitative estimate of drug-likeness (QED) is 0.753. The van der Waals surface area contributed by atoms with Crippen LogP contribution in [0.4, 0.5) is 5.00 Å². The van der Waals surface area contributed by atoms with Crippen LogP contribution in [0.25, 0.3) is 20.8 Å². The topological polar surface area (TPSA) is 65.0 Å². The third-order valence-corrected chi connectivity index (χ3v) is 5.23. The molecule has 1 atom stereocenters. The van der Waals surface area contributed by atoms with E-state index in [1.165, 1.54) is 11.3 Å². The zero-order valence-corrected chi connectivity index (χ0v) is 12.3. The SMILES string of the molecule is Cc1csc(NS(=O)[O-])c1-c1nc2ccccc2s1. The number of thiazole rings is 1. The highest BCUT2D eigenvalue weighted by atomic mass is 32.2. The largest absolute Gasteiger partial charge is 0.755 e. The van der Waals surface area contributed by atoms with Gasteiger partial charge in [0.2, 0.25) is 0 Å². The summed E-state index contributed by atoms with van der Waals surface area (Å²) in [4.78, 5) is 4.57. The number of para-hydroxylation sites is 1. The van der Waals surface area contributed by atoms with Crippen molar-refractivity contribution in [3.05, 3.63) is 35.2 Å². The maximum Gasteiger partial charge on any atom is 0.127 e. The van der Waals surface area contributed by atoms with Crippen molar-refractivity contribution in [2.45, 2.75) is 6.92 Å². The summed E-state index contributed by atoms with van der Waals surface area (Å²) in [5.74, 6) is 0. The molecule has 3 rings (SSSR count). The monoisotopic (exact) mass is 309 g/mol. The summed E-state index contributed by atoms with van der Waals surface area (Å²) in [5, 5.41) is 3.38. The smallest absolute Gasteiger partial charge is 0.127 e. The van der Waals surface area contributed by atoms with Gasteiger partial charge in [0.05, 0.1) is 10.2 Å². The van der Waals surface area contributed by atoms with Crippen LogP contribution in [0.1, 0.15) is 5.56 Å². The third-order valence-electron chi connectivity index (χ3n) is 2.66. The van der Waals surface area contributed by atoms with Crippen LogP contribution in [-0.4, -0.2) is 13.7 Å². The fourth-order valence-corrected chi connectivity index (χ4v) is 4.42. The number of aryl methyl sites for hydroxylation is 1. The molecule has 0 bridgehead atoms. The van der Waals surface area contributed by atoms with Crippen LogP contribution < -0.4 is 4.72 Å². The van der Waals surface area contributed by atoms with Gasteiger partial charge in [-0.25, -0.2) is 4.98 Å². The maximum absolute atomic E-state index is 10.8. The van der Waals surface area contributed by atoms with Gasteiger partial charge in [0.15, 0.2) is 0 Å². The van der Waals surface area contributed by atoms with Crippen molar-refractivity contribution in [1.82, 2.24) is 4.98 Å². The third kappa shape index (κ3) is 2.42. The van der Waals surface area contributed by atoms with Crippen molar-refractivity contribution in [1.29, 1.82) is 0 Å². The van der Waals surface area contributed by atoms with E-state index in [-0.39, 0.29) is 0 Å². The van der Waals surface area contributed by atoms with Crippen LogP contribution in [0.15, 0.2) is 29.6 Å². The second-order valence-electron chi connectivity index (χ2n) is 3.95. The molecule has 0 aliphatic carbocycles. The molecule has 0 saturated carbocycles. The van der Waals surface area contributed by atoms with Crippen molar-refractivity contribution in [3.63, 3.8) is 0 Å². The lowest BCUT2D eigenvalue weighted by Crippen LogP contribution is -2.01. The van der Waals surface area contributed by atoms with Gasteiger partial charge in [0.1, 0.15) is 10.0 Å². The molecule has 3 aromatic rings. The molecule has 4 nitrogen and oxygen atoms in total. The second kappa shape index (κ2) is 5.01. The van der Waals surface area contributed by atoms with Gasteiger partial charge < -0.3 is 9.27 Å². The van der Waals surface area contributed by atoms with E-state index in [1.54, 1.807) is 11.3 Å². The molecule has 7 heteroatoms. The minimum Gasteiger partial charge on any atom is -0.755 e. The lowest BCUT2D eigenvalue weighted by atomic mass is 10.2. The molecule has 0 fully saturated rings. The first-order chi connectivity index (χ1) is 9.15. The Morgan fingerprint density at radius 3 is 2.89 bits per heavy atom. The van der Waals surface area contributed by atoms with Crippen molar-refractivity contribution < 1.29 is 8.76 Å². The number of hydrogen-bond donors (Lipinski definition) is 1. The van der Waals surface area contributed by atoms with Crippen molar-refractivity contribution in [3.8, 4) is 10.6 Å². The Bertz CT molecular complexity index is 730. The van der Waals surface area contributed by atoms with E-state index in [4.69, 9.17) is 0 Å². The summed E-state index contributed by atoms with van der Waals surface area (Å²) in [6.45, 7) is 1.96. The Kier molecular flexibility index (Phi) is 3.36. The summed E-state index contributed by atoms with van der Waals surface area (Å²) in [6, 6.07) is 7.88. The number of hydrogen-bond acceptors (Lipinski definition) is 5. The zero-order chi connectivity index (χ0) is 13.4. The number of rotatable bonds is 3. The first-order valence-corrected chi connectivity index (χ1v) is 8.22. The lowest BCUT2D eigenvalue weighted by Gasteiger charge is -2.08. The molecule has 2 aromatic heterocycles. The highest BCUT2D eigenvalue weighted by Gasteiger charge is 2.15. The summed E-state index contributed by atoms with van der Waals surface area (Å²) >= 11 is 0.619. The molecule has 0 saturated heterocycles. The predicted molar refractivity (Wildman–Crippen MR) is 80.2 cm³/mol. The molecule has 98 valence electrons. The van der Waals surface area contributed by atoms with Crippen LogP contribution in [-0.2, 0) is 11.3 Å². The van der Waals surface area contributed by atoms with E-state index in [0.717, 1.165) is 26.4 Å². The van der Waals surface area contributed by atoms with Crippen LogP contribution >= 0.6 is 22.7 Å². The molecule has 0 spiro atoms. The van der Waals surface area contributed by atoms with Gasteiger partial charge in [-0.3, -0.25) is 4.21 Å². The average Bonchev–Trinajstić information content (AvgIpc) is 2.92. The first-order valence-electron chi connectivity index (χ1n) is 5.45. The van der Waals surface area contributed by atoms with Crippen LogP contribution in [0.5, 0.6) is 0 Å². The van der Waals surface area contributed by atoms with Gasteiger partial charge in [-0.05, 0) is 30.0 Å².